The van der Waals surface area contributed by atoms with Gasteiger partial charge in [0.1, 0.15) is 22.7 Å². The van der Waals surface area contributed by atoms with E-state index in [1.165, 1.54) is 60.5 Å². The van der Waals surface area contributed by atoms with Crippen LogP contribution < -0.4 is 16.4 Å². The Bertz CT molecular complexity index is 1620. The molecule has 7 rings (SSSR count). The highest BCUT2D eigenvalue weighted by Gasteiger charge is 2.43. The fourth-order valence-electron chi connectivity index (χ4n) is 6.86. The minimum absolute atomic E-state index is 0.170. The van der Waals surface area contributed by atoms with Crippen molar-refractivity contribution in [3.63, 3.8) is 0 Å². The van der Waals surface area contributed by atoms with Crippen molar-refractivity contribution in [3.8, 4) is 22.3 Å². The SMILES string of the molecule is CC(C)c1cc2c3c(c(C(C)C)oc3c1)-c1cccc3c1B2c1cc(C(C)C)cc2oc(C(C)C)c-3c12. The van der Waals surface area contributed by atoms with Crippen LogP contribution in [0.2, 0.25) is 0 Å². The van der Waals surface area contributed by atoms with Gasteiger partial charge in [-0.25, -0.2) is 0 Å². The van der Waals surface area contributed by atoms with Gasteiger partial charge in [0.05, 0.1) is 0 Å². The third-order valence-corrected chi connectivity index (χ3v) is 8.68. The van der Waals surface area contributed by atoms with Crippen LogP contribution in [0.1, 0.15) is 102 Å². The minimum Gasteiger partial charge on any atom is -0.460 e. The number of hydrogen-bond acceptors (Lipinski definition) is 2. The van der Waals surface area contributed by atoms with E-state index < -0.39 is 0 Å². The molecule has 3 heteroatoms. The van der Waals surface area contributed by atoms with Crippen LogP contribution in [0.25, 0.3) is 44.2 Å². The molecule has 0 aliphatic carbocycles. The molecule has 0 fully saturated rings. The van der Waals surface area contributed by atoms with Gasteiger partial charge in [-0.15, -0.1) is 0 Å². The van der Waals surface area contributed by atoms with E-state index in [4.69, 9.17) is 8.83 Å². The van der Waals surface area contributed by atoms with Gasteiger partial charge in [0.2, 0.25) is 6.71 Å². The minimum atomic E-state index is 0.170. The zero-order chi connectivity index (χ0) is 25.9. The second-order valence-corrected chi connectivity index (χ2v) is 12.5. The fraction of sp³-hybridized carbons (Fsp3) is 0.353. The first-order chi connectivity index (χ1) is 17.7. The van der Waals surface area contributed by atoms with Crippen LogP contribution in [0.15, 0.2) is 51.3 Å². The molecule has 2 aliphatic rings. The molecule has 0 radical (unpaired) electrons. The Labute approximate surface area is 220 Å². The summed E-state index contributed by atoms with van der Waals surface area (Å²) in [6.07, 6.45) is 0. The van der Waals surface area contributed by atoms with Crippen molar-refractivity contribution in [1.82, 2.24) is 0 Å². The first kappa shape index (κ1) is 23.0. The van der Waals surface area contributed by atoms with Crippen LogP contribution in [0, 0.1) is 0 Å². The number of fused-ring (bicyclic) bond motifs is 4. The molecule has 0 atom stereocenters. The van der Waals surface area contributed by atoms with Crippen LogP contribution in [0.5, 0.6) is 0 Å². The molecule has 2 aliphatic heterocycles. The summed E-state index contributed by atoms with van der Waals surface area (Å²) in [7, 11) is 0. The summed E-state index contributed by atoms with van der Waals surface area (Å²) in [5, 5.41) is 2.61. The van der Waals surface area contributed by atoms with Gasteiger partial charge in [0, 0.05) is 33.7 Å². The molecule has 4 heterocycles. The van der Waals surface area contributed by atoms with Crippen molar-refractivity contribution < 1.29 is 8.83 Å². The topological polar surface area (TPSA) is 26.3 Å². The van der Waals surface area contributed by atoms with Gasteiger partial charge in [0.15, 0.2) is 0 Å². The quantitative estimate of drug-likeness (QED) is 0.235. The summed E-state index contributed by atoms with van der Waals surface area (Å²) in [6, 6.07) is 16.4. The lowest BCUT2D eigenvalue weighted by Crippen LogP contribution is -2.57. The monoisotopic (exact) mass is 486 g/mol. The van der Waals surface area contributed by atoms with E-state index in [-0.39, 0.29) is 6.71 Å². The van der Waals surface area contributed by atoms with E-state index in [9.17, 15) is 0 Å². The summed E-state index contributed by atoms with van der Waals surface area (Å²) < 4.78 is 13.4. The average molecular weight is 486 g/mol. The van der Waals surface area contributed by atoms with Gasteiger partial charge >= 0.3 is 0 Å². The Balaban J connectivity index is 1.71. The summed E-state index contributed by atoms with van der Waals surface area (Å²) in [4.78, 5) is 0. The maximum atomic E-state index is 6.71. The molecule has 0 unspecified atom stereocenters. The lowest BCUT2D eigenvalue weighted by molar-refractivity contribution is 0.523. The molecule has 0 bridgehead atoms. The first-order valence-electron chi connectivity index (χ1n) is 14.0. The van der Waals surface area contributed by atoms with Crippen LogP contribution in [0.4, 0.5) is 0 Å². The van der Waals surface area contributed by atoms with Gasteiger partial charge < -0.3 is 8.83 Å². The van der Waals surface area contributed by atoms with Gasteiger partial charge in [-0.1, -0.05) is 102 Å². The van der Waals surface area contributed by atoms with Crippen molar-refractivity contribution >= 4 is 45.0 Å². The van der Waals surface area contributed by atoms with E-state index in [1.807, 2.05) is 0 Å². The Morgan fingerprint density at radius 2 is 1.00 bits per heavy atom. The predicted octanol–water partition coefficient (Wildman–Crippen LogP) is 8.15. The first-order valence-corrected chi connectivity index (χ1v) is 14.0. The van der Waals surface area contributed by atoms with Crippen molar-refractivity contribution in [2.24, 2.45) is 0 Å². The molecular weight excluding hydrogens is 451 g/mol. The summed E-state index contributed by atoms with van der Waals surface area (Å²) in [6.45, 7) is 18.3. The summed E-state index contributed by atoms with van der Waals surface area (Å²) in [5.74, 6) is 3.67. The molecule has 5 aromatic rings. The summed E-state index contributed by atoms with van der Waals surface area (Å²) >= 11 is 0. The van der Waals surface area contributed by atoms with Crippen molar-refractivity contribution in [2.75, 3.05) is 0 Å². The highest BCUT2D eigenvalue weighted by atomic mass is 16.3. The van der Waals surface area contributed by atoms with Gasteiger partial charge in [-0.3, -0.25) is 0 Å². The van der Waals surface area contributed by atoms with Crippen LogP contribution >= 0.6 is 0 Å². The van der Waals surface area contributed by atoms with E-state index in [1.54, 1.807) is 0 Å². The van der Waals surface area contributed by atoms with Crippen LogP contribution in [-0.4, -0.2) is 6.71 Å². The molecule has 0 saturated carbocycles. The molecule has 0 amide bonds. The second-order valence-electron chi connectivity index (χ2n) is 12.5. The smallest absolute Gasteiger partial charge is 0.244 e. The molecule has 186 valence electrons. The van der Waals surface area contributed by atoms with Crippen molar-refractivity contribution in [3.05, 3.63) is 65.1 Å². The van der Waals surface area contributed by atoms with Crippen LogP contribution in [0.3, 0.4) is 0 Å². The van der Waals surface area contributed by atoms with E-state index >= 15 is 0 Å². The van der Waals surface area contributed by atoms with Crippen molar-refractivity contribution in [2.45, 2.75) is 79.1 Å². The highest BCUT2D eigenvalue weighted by molar-refractivity contribution is 7.01. The standard InChI is InChI=1S/C34H35BO2/c1-16(2)20-12-24-30-26(14-20)36-33(18(5)6)28(30)22-10-9-11-23-29-31-25(35(24)32(22)23)13-21(17(3)4)15-27(31)37-34(29)19(7)8/h9-19H,1-8H3. The largest absolute Gasteiger partial charge is 0.460 e. The normalized spacial score (nSPS) is 13.8. The summed E-state index contributed by atoms with van der Waals surface area (Å²) in [5.41, 5.74) is 14.3. The Hall–Kier alpha value is -3.20. The molecule has 2 aromatic heterocycles. The van der Waals surface area contributed by atoms with Gasteiger partial charge in [-0.05, 0) is 46.2 Å². The maximum Gasteiger partial charge on any atom is 0.244 e. The fourth-order valence-corrected chi connectivity index (χ4v) is 6.86. The van der Waals surface area contributed by atoms with E-state index in [2.05, 4.69) is 97.9 Å². The molecule has 0 N–H and O–H groups in total. The lowest BCUT2D eigenvalue weighted by atomic mass is 9.31. The predicted molar refractivity (Wildman–Crippen MR) is 158 cm³/mol. The highest BCUT2D eigenvalue weighted by Crippen LogP contribution is 2.46. The third kappa shape index (κ3) is 2.95. The van der Waals surface area contributed by atoms with Gasteiger partial charge in [0.25, 0.3) is 0 Å². The lowest BCUT2D eigenvalue weighted by Gasteiger charge is -2.32. The Kier molecular flexibility index (Phi) is 4.76. The molecule has 0 spiro atoms. The molecular formula is C34H35BO2. The number of furan rings is 2. The Morgan fingerprint density at radius 1 is 0.568 bits per heavy atom. The second kappa shape index (κ2) is 7.66. The zero-order valence-electron chi connectivity index (χ0n) is 23.2. The number of rotatable bonds is 4. The van der Waals surface area contributed by atoms with E-state index in [0.717, 1.165) is 22.7 Å². The molecule has 2 nitrogen and oxygen atoms in total. The van der Waals surface area contributed by atoms with Gasteiger partial charge in [-0.2, -0.15) is 0 Å². The number of hydrogen-bond donors (Lipinski definition) is 0. The Morgan fingerprint density at radius 3 is 1.38 bits per heavy atom. The van der Waals surface area contributed by atoms with Crippen LogP contribution in [-0.2, 0) is 0 Å². The molecule has 3 aromatic carbocycles. The zero-order valence-corrected chi connectivity index (χ0v) is 23.2. The third-order valence-electron chi connectivity index (χ3n) is 8.68. The molecule has 0 saturated heterocycles. The van der Waals surface area contributed by atoms with Crippen molar-refractivity contribution in [1.29, 1.82) is 0 Å². The maximum absolute atomic E-state index is 6.71. The number of benzene rings is 3. The van der Waals surface area contributed by atoms with E-state index in [0.29, 0.717) is 23.7 Å². The average Bonchev–Trinajstić information content (AvgIpc) is 3.44. The molecule has 37 heavy (non-hydrogen) atoms.